The molecule has 0 radical (unpaired) electrons. The normalized spacial score (nSPS) is 15.2. The molecule has 1 aromatic heterocycles. The van der Waals surface area contributed by atoms with Crippen molar-refractivity contribution in [2.24, 2.45) is 5.92 Å². The van der Waals surface area contributed by atoms with E-state index in [2.05, 4.69) is 49.9 Å². The topological polar surface area (TPSA) is 58.1 Å². The zero-order chi connectivity index (χ0) is 19.8. The molecule has 2 aromatic rings. The van der Waals surface area contributed by atoms with Crippen molar-refractivity contribution in [2.75, 3.05) is 5.32 Å². The van der Waals surface area contributed by atoms with Crippen LogP contribution in [0.5, 0.6) is 0 Å². The Labute approximate surface area is 160 Å². The second-order valence-electron chi connectivity index (χ2n) is 8.28. The highest BCUT2D eigenvalue weighted by Gasteiger charge is 2.36. The summed E-state index contributed by atoms with van der Waals surface area (Å²) in [5, 5.41) is 3.47. The van der Waals surface area contributed by atoms with E-state index in [0.717, 1.165) is 11.1 Å². The van der Waals surface area contributed by atoms with E-state index in [0.29, 0.717) is 30.4 Å². The Morgan fingerprint density at radius 1 is 1.19 bits per heavy atom. The number of halogens is 1. The number of carbonyl (C=O) groups excluding carboxylic acids is 1. The van der Waals surface area contributed by atoms with Crippen LogP contribution >= 0.6 is 0 Å². The average molecular weight is 370 g/mol. The Morgan fingerprint density at radius 3 is 2.48 bits per heavy atom. The maximum absolute atomic E-state index is 13.1. The Kier molecular flexibility index (Phi) is 5.18. The zero-order valence-corrected chi connectivity index (χ0v) is 16.6. The molecule has 0 bridgehead atoms. The maximum Gasteiger partial charge on any atom is 0.273 e. The fourth-order valence-corrected chi connectivity index (χ4v) is 3.40. The van der Waals surface area contributed by atoms with Gasteiger partial charge in [-0.1, -0.05) is 26.0 Å². The highest BCUT2D eigenvalue weighted by atomic mass is 19.1. The minimum Gasteiger partial charge on any atom is -0.364 e. The largest absolute Gasteiger partial charge is 0.364 e. The molecule has 1 atom stereocenters. The SMILES string of the molecule is CC(C)C(C)N1Cc2c(NC(C)(C)Cc3ccc(F)cc3)ncnc2C1=O. The van der Waals surface area contributed by atoms with Crippen LogP contribution in [-0.4, -0.2) is 32.4 Å². The smallest absolute Gasteiger partial charge is 0.273 e. The quantitative estimate of drug-likeness (QED) is 0.833. The van der Waals surface area contributed by atoms with Crippen LogP contribution in [0.25, 0.3) is 0 Å². The summed E-state index contributed by atoms with van der Waals surface area (Å²) in [6, 6.07) is 6.65. The Hall–Kier alpha value is -2.50. The fourth-order valence-electron chi connectivity index (χ4n) is 3.40. The molecule has 144 valence electrons. The van der Waals surface area contributed by atoms with Gasteiger partial charge in [0.05, 0.1) is 6.54 Å². The van der Waals surface area contributed by atoms with Gasteiger partial charge in [0.2, 0.25) is 0 Å². The van der Waals surface area contributed by atoms with E-state index in [1.54, 1.807) is 12.1 Å². The van der Waals surface area contributed by atoms with Gasteiger partial charge in [-0.15, -0.1) is 0 Å². The molecule has 2 heterocycles. The van der Waals surface area contributed by atoms with Crippen molar-refractivity contribution in [3.8, 4) is 0 Å². The van der Waals surface area contributed by atoms with Crippen LogP contribution in [-0.2, 0) is 13.0 Å². The summed E-state index contributed by atoms with van der Waals surface area (Å²) < 4.78 is 13.1. The van der Waals surface area contributed by atoms with Gasteiger partial charge in [-0.05, 0) is 50.8 Å². The minimum atomic E-state index is -0.319. The van der Waals surface area contributed by atoms with Crippen LogP contribution in [0.2, 0.25) is 0 Å². The summed E-state index contributed by atoms with van der Waals surface area (Å²) in [6.07, 6.45) is 2.14. The van der Waals surface area contributed by atoms with Gasteiger partial charge < -0.3 is 10.2 Å². The number of rotatable bonds is 6. The molecule has 1 unspecified atom stereocenters. The predicted octanol–water partition coefficient (Wildman–Crippen LogP) is 4.05. The second kappa shape index (κ2) is 7.25. The number of hydrogen-bond acceptors (Lipinski definition) is 4. The van der Waals surface area contributed by atoms with Crippen LogP contribution < -0.4 is 5.32 Å². The van der Waals surface area contributed by atoms with Crippen LogP contribution in [0, 0.1) is 11.7 Å². The van der Waals surface area contributed by atoms with Crippen molar-refractivity contribution in [1.29, 1.82) is 0 Å². The lowest BCUT2D eigenvalue weighted by molar-refractivity contribution is 0.0669. The van der Waals surface area contributed by atoms with Crippen molar-refractivity contribution in [1.82, 2.24) is 14.9 Å². The van der Waals surface area contributed by atoms with E-state index in [1.165, 1.54) is 18.5 Å². The first-order valence-corrected chi connectivity index (χ1v) is 9.35. The molecule has 3 rings (SSSR count). The van der Waals surface area contributed by atoms with Gasteiger partial charge >= 0.3 is 0 Å². The zero-order valence-electron chi connectivity index (χ0n) is 16.6. The van der Waals surface area contributed by atoms with Gasteiger partial charge in [0.15, 0.2) is 0 Å². The van der Waals surface area contributed by atoms with Crippen molar-refractivity contribution in [3.05, 3.63) is 53.2 Å². The van der Waals surface area contributed by atoms with Gasteiger partial charge in [-0.2, -0.15) is 0 Å². The molecule has 27 heavy (non-hydrogen) atoms. The summed E-state index contributed by atoms with van der Waals surface area (Å²) in [6.45, 7) is 10.9. The molecule has 1 aliphatic heterocycles. The van der Waals surface area contributed by atoms with Crippen LogP contribution in [0.1, 0.15) is 56.2 Å². The van der Waals surface area contributed by atoms with Gasteiger partial charge in [0, 0.05) is 17.1 Å². The Balaban J connectivity index is 1.81. The van der Waals surface area contributed by atoms with Gasteiger partial charge in [0.25, 0.3) is 5.91 Å². The van der Waals surface area contributed by atoms with Gasteiger partial charge in [-0.25, -0.2) is 14.4 Å². The highest BCUT2D eigenvalue weighted by Crippen LogP contribution is 2.31. The molecule has 5 nitrogen and oxygen atoms in total. The van der Waals surface area contributed by atoms with E-state index >= 15 is 0 Å². The number of fused-ring (bicyclic) bond motifs is 1. The molecule has 1 amide bonds. The minimum absolute atomic E-state index is 0.0343. The molecule has 0 saturated carbocycles. The predicted molar refractivity (Wildman–Crippen MR) is 104 cm³/mol. The van der Waals surface area contributed by atoms with Crippen molar-refractivity contribution < 1.29 is 9.18 Å². The number of benzene rings is 1. The molecule has 1 aliphatic rings. The molecular weight excluding hydrogens is 343 g/mol. The number of nitrogens with zero attached hydrogens (tertiary/aromatic N) is 3. The summed E-state index contributed by atoms with van der Waals surface area (Å²) in [5.41, 5.74) is 2.05. The van der Waals surface area contributed by atoms with Gasteiger partial charge in [0.1, 0.15) is 23.7 Å². The summed E-state index contributed by atoms with van der Waals surface area (Å²) in [4.78, 5) is 23.3. The molecule has 1 aromatic carbocycles. The number of carbonyl (C=O) groups is 1. The van der Waals surface area contributed by atoms with E-state index in [9.17, 15) is 9.18 Å². The molecule has 6 heteroatoms. The molecule has 0 spiro atoms. The first kappa shape index (κ1) is 19.3. The van der Waals surface area contributed by atoms with Crippen molar-refractivity contribution in [2.45, 2.75) is 59.2 Å². The average Bonchev–Trinajstić information content (AvgIpc) is 2.94. The van der Waals surface area contributed by atoms with Gasteiger partial charge in [-0.3, -0.25) is 4.79 Å². The first-order valence-electron chi connectivity index (χ1n) is 9.35. The van der Waals surface area contributed by atoms with Crippen molar-refractivity contribution in [3.63, 3.8) is 0 Å². The molecule has 0 saturated heterocycles. The number of hydrogen-bond donors (Lipinski definition) is 1. The summed E-state index contributed by atoms with van der Waals surface area (Å²) in [7, 11) is 0. The second-order valence-corrected chi connectivity index (χ2v) is 8.28. The molecule has 0 aliphatic carbocycles. The van der Waals surface area contributed by atoms with Crippen LogP contribution in [0.3, 0.4) is 0 Å². The van der Waals surface area contributed by atoms with E-state index in [4.69, 9.17) is 0 Å². The summed E-state index contributed by atoms with van der Waals surface area (Å²) >= 11 is 0. The first-order chi connectivity index (χ1) is 12.7. The van der Waals surface area contributed by atoms with Crippen LogP contribution in [0.15, 0.2) is 30.6 Å². The number of anilines is 1. The molecule has 1 N–H and O–H groups in total. The fraction of sp³-hybridized carbons (Fsp3) is 0.476. The lowest BCUT2D eigenvalue weighted by atomic mass is 9.94. The number of nitrogens with one attached hydrogen (secondary N) is 1. The third kappa shape index (κ3) is 4.10. The Bertz CT molecular complexity index is 833. The number of amides is 1. The monoisotopic (exact) mass is 370 g/mol. The maximum atomic E-state index is 13.1. The highest BCUT2D eigenvalue weighted by molar-refractivity contribution is 5.98. The van der Waals surface area contributed by atoms with E-state index in [-0.39, 0.29) is 23.3 Å². The summed E-state index contributed by atoms with van der Waals surface area (Å²) in [5.74, 6) is 0.783. The number of aromatic nitrogens is 2. The van der Waals surface area contributed by atoms with Crippen LogP contribution in [0.4, 0.5) is 10.2 Å². The standard InChI is InChI=1S/C21H27FN4O/c1-13(2)14(3)26-11-17-18(20(26)27)23-12-24-19(17)25-21(4,5)10-15-6-8-16(22)9-7-15/h6-9,12-14H,10-11H2,1-5H3,(H,23,24,25). The Morgan fingerprint density at radius 2 is 1.85 bits per heavy atom. The lowest BCUT2D eigenvalue weighted by Gasteiger charge is -2.29. The lowest BCUT2D eigenvalue weighted by Crippen LogP contribution is -2.37. The van der Waals surface area contributed by atoms with E-state index in [1.807, 2.05) is 4.90 Å². The molecular formula is C21H27FN4O. The third-order valence-corrected chi connectivity index (χ3v) is 5.21. The molecule has 0 fully saturated rings. The van der Waals surface area contributed by atoms with E-state index < -0.39 is 0 Å². The van der Waals surface area contributed by atoms with Crippen molar-refractivity contribution >= 4 is 11.7 Å². The third-order valence-electron chi connectivity index (χ3n) is 5.21.